The van der Waals surface area contributed by atoms with Crippen molar-refractivity contribution in [3.8, 4) is 0 Å². The first-order valence-electron chi connectivity index (χ1n) is 3.53. The van der Waals surface area contributed by atoms with E-state index >= 15 is 0 Å². The van der Waals surface area contributed by atoms with Crippen LogP contribution < -0.4 is 0 Å². The third-order valence-electron chi connectivity index (χ3n) is 1.86. The van der Waals surface area contributed by atoms with Crippen molar-refractivity contribution in [2.75, 3.05) is 27.1 Å². The molecule has 0 amide bonds. The van der Waals surface area contributed by atoms with Crippen LogP contribution in [0.4, 0.5) is 0 Å². The minimum atomic E-state index is -0.0317. The largest absolute Gasteiger partial charge is 0.375 e. The van der Waals surface area contributed by atoms with E-state index in [1.165, 1.54) is 0 Å². The first-order valence-corrected chi connectivity index (χ1v) is 3.53. The Kier molecular flexibility index (Phi) is 2.65. The molecule has 0 atom stereocenters. The topological polar surface area (TPSA) is 27.7 Å². The van der Waals surface area contributed by atoms with Crippen LogP contribution in [0.2, 0.25) is 0 Å². The van der Waals surface area contributed by atoms with E-state index in [4.69, 9.17) is 14.2 Å². The van der Waals surface area contributed by atoms with Crippen molar-refractivity contribution in [1.29, 1.82) is 0 Å². The molecule has 1 aliphatic heterocycles. The quantitative estimate of drug-likeness (QED) is 0.549. The van der Waals surface area contributed by atoms with Gasteiger partial charge >= 0.3 is 0 Å². The third-order valence-corrected chi connectivity index (χ3v) is 1.86. The van der Waals surface area contributed by atoms with Crippen molar-refractivity contribution >= 4 is 0 Å². The zero-order valence-electron chi connectivity index (χ0n) is 6.55. The van der Waals surface area contributed by atoms with E-state index in [2.05, 4.69) is 6.92 Å². The Morgan fingerprint density at radius 3 is 2.50 bits per heavy atom. The molecule has 10 heavy (non-hydrogen) atoms. The first-order chi connectivity index (χ1) is 4.83. The molecule has 3 nitrogen and oxygen atoms in total. The average molecular weight is 146 g/mol. The van der Waals surface area contributed by atoms with Gasteiger partial charge in [-0.15, -0.1) is 0 Å². The molecule has 0 aromatic rings. The monoisotopic (exact) mass is 146 g/mol. The van der Waals surface area contributed by atoms with Crippen LogP contribution >= 0.6 is 0 Å². The summed E-state index contributed by atoms with van der Waals surface area (Å²) in [4.78, 5) is 0. The normalized spacial score (nSPS) is 22.2. The van der Waals surface area contributed by atoms with Gasteiger partial charge in [0.1, 0.15) is 12.4 Å². The molecular weight excluding hydrogens is 132 g/mol. The van der Waals surface area contributed by atoms with Crippen LogP contribution in [0.15, 0.2) is 0 Å². The number of methoxy groups -OCH3 is 1. The van der Waals surface area contributed by atoms with Gasteiger partial charge in [0.15, 0.2) is 0 Å². The summed E-state index contributed by atoms with van der Waals surface area (Å²) in [6.07, 6.45) is 0.996. The Morgan fingerprint density at radius 1 is 1.50 bits per heavy atom. The maximum absolute atomic E-state index is 5.42. The van der Waals surface area contributed by atoms with Gasteiger partial charge in [-0.05, 0) is 6.42 Å². The summed E-state index contributed by atoms with van der Waals surface area (Å²) in [5, 5.41) is 0. The maximum atomic E-state index is 5.42. The van der Waals surface area contributed by atoms with Crippen molar-refractivity contribution < 1.29 is 14.2 Å². The molecule has 0 aromatic carbocycles. The average Bonchev–Trinajstić information content (AvgIpc) is 1.87. The molecule has 0 radical (unpaired) electrons. The lowest BCUT2D eigenvalue weighted by molar-refractivity contribution is -0.242. The Balaban J connectivity index is 2.20. The van der Waals surface area contributed by atoms with Gasteiger partial charge in [-0.1, -0.05) is 6.92 Å². The number of hydrogen-bond acceptors (Lipinski definition) is 3. The molecule has 1 heterocycles. The summed E-state index contributed by atoms with van der Waals surface area (Å²) in [5.74, 6) is 0. The zero-order valence-corrected chi connectivity index (χ0v) is 6.55. The molecule has 0 unspecified atom stereocenters. The number of hydrogen-bond donors (Lipinski definition) is 0. The lowest BCUT2D eigenvalue weighted by Gasteiger charge is -2.39. The third kappa shape index (κ3) is 1.48. The van der Waals surface area contributed by atoms with Crippen LogP contribution in [0, 0.1) is 0 Å². The molecule has 1 saturated heterocycles. The number of ether oxygens (including phenoxy) is 3. The van der Waals surface area contributed by atoms with Gasteiger partial charge in [-0.2, -0.15) is 0 Å². The molecule has 0 aliphatic carbocycles. The van der Waals surface area contributed by atoms with E-state index in [1.807, 2.05) is 0 Å². The van der Waals surface area contributed by atoms with Crippen LogP contribution in [0.1, 0.15) is 13.3 Å². The first kappa shape index (κ1) is 7.98. The SMILES string of the molecule is CCC1(OCOC)COC1. The second-order valence-corrected chi connectivity index (χ2v) is 2.58. The van der Waals surface area contributed by atoms with Gasteiger partial charge in [-0.3, -0.25) is 0 Å². The van der Waals surface area contributed by atoms with Gasteiger partial charge in [0.2, 0.25) is 0 Å². The predicted octanol–water partition coefficient (Wildman–Crippen LogP) is 0.786. The van der Waals surface area contributed by atoms with Crippen LogP contribution in [0.3, 0.4) is 0 Å². The molecule has 0 spiro atoms. The van der Waals surface area contributed by atoms with E-state index in [9.17, 15) is 0 Å². The van der Waals surface area contributed by atoms with Crippen molar-refractivity contribution in [3.05, 3.63) is 0 Å². The lowest BCUT2D eigenvalue weighted by Crippen LogP contribution is -2.51. The molecule has 1 aliphatic rings. The molecule has 1 fully saturated rings. The highest BCUT2D eigenvalue weighted by Gasteiger charge is 2.37. The highest BCUT2D eigenvalue weighted by atomic mass is 16.7. The van der Waals surface area contributed by atoms with E-state index < -0.39 is 0 Å². The van der Waals surface area contributed by atoms with Crippen molar-refractivity contribution in [3.63, 3.8) is 0 Å². The van der Waals surface area contributed by atoms with Crippen LogP contribution in [-0.4, -0.2) is 32.7 Å². The fourth-order valence-corrected chi connectivity index (χ4v) is 0.903. The fraction of sp³-hybridized carbons (Fsp3) is 1.00. The van der Waals surface area contributed by atoms with Gasteiger partial charge in [0.05, 0.1) is 13.2 Å². The molecule has 60 valence electrons. The Labute approximate surface area is 61.3 Å². The molecular formula is C7H14O3. The van der Waals surface area contributed by atoms with Crippen LogP contribution in [-0.2, 0) is 14.2 Å². The number of rotatable bonds is 4. The Hall–Kier alpha value is -0.120. The highest BCUT2D eigenvalue weighted by Crippen LogP contribution is 2.24. The summed E-state index contributed by atoms with van der Waals surface area (Å²) in [6.45, 7) is 3.90. The molecule has 0 saturated carbocycles. The minimum absolute atomic E-state index is 0.0317. The predicted molar refractivity (Wildman–Crippen MR) is 36.8 cm³/mol. The summed E-state index contributed by atoms with van der Waals surface area (Å²) >= 11 is 0. The summed E-state index contributed by atoms with van der Waals surface area (Å²) in [5.41, 5.74) is -0.0317. The molecule has 3 heteroatoms. The lowest BCUT2D eigenvalue weighted by atomic mass is 9.99. The van der Waals surface area contributed by atoms with E-state index in [0.717, 1.165) is 6.42 Å². The fourth-order valence-electron chi connectivity index (χ4n) is 0.903. The second kappa shape index (κ2) is 3.32. The molecule has 0 bridgehead atoms. The van der Waals surface area contributed by atoms with Gasteiger partial charge in [0.25, 0.3) is 0 Å². The second-order valence-electron chi connectivity index (χ2n) is 2.58. The summed E-state index contributed by atoms with van der Waals surface area (Å²) in [7, 11) is 1.63. The smallest absolute Gasteiger partial charge is 0.147 e. The van der Waals surface area contributed by atoms with Crippen LogP contribution in [0.5, 0.6) is 0 Å². The molecule has 0 N–H and O–H groups in total. The van der Waals surface area contributed by atoms with E-state index in [-0.39, 0.29) is 5.60 Å². The van der Waals surface area contributed by atoms with Gasteiger partial charge < -0.3 is 14.2 Å². The summed E-state index contributed by atoms with van der Waals surface area (Å²) in [6, 6.07) is 0. The van der Waals surface area contributed by atoms with Crippen LogP contribution in [0.25, 0.3) is 0 Å². The summed E-state index contributed by atoms with van der Waals surface area (Å²) < 4.78 is 15.3. The van der Waals surface area contributed by atoms with Crippen molar-refractivity contribution in [2.24, 2.45) is 0 Å². The van der Waals surface area contributed by atoms with Gasteiger partial charge in [-0.25, -0.2) is 0 Å². The minimum Gasteiger partial charge on any atom is -0.375 e. The highest BCUT2D eigenvalue weighted by molar-refractivity contribution is 4.85. The standard InChI is InChI=1S/C7H14O3/c1-3-7(4-9-5-7)10-6-8-2/h3-6H2,1-2H3. The Bertz CT molecular complexity index is 93.5. The van der Waals surface area contributed by atoms with Crippen molar-refractivity contribution in [2.45, 2.75) is 18.9 Å². The van der Waals surface area contributed by atoms with Crippen molar-refractivity contribution in [1.82, 2.24) is 0 Å². The van der Waals surface area contributed by atoms with E-state index in [0.29, 0.717) is 20.0 Å². The van der Waals surface area contributed by atoms with Gasteiger partial charge in [0, 0.05) is 7.11 Å². The zero-order chi connectivity index (χ0) is 7.45. The maximum Gasteiger partial charge on any atom is 0.147 e. The Morgan fingerprint density at radius 2 is 2.20 bits per heavy atom. The van der Waals surface area contributed by atoms with E-state index in [1.54, 1.807) is 7.11 Å². The molecule has 1 rings (SSSR count). The molecule has 0 aromatic heterocycles.